The van der Waals surface area contributed by atoms with Crippen molar-refractivity contribution < 1.29 is 4.39 Å². The van der Waals surface area contributed by atoms with Crippen LogP contribution in [0.3, 0.4) is 0 Å². The Bertz CT molecular complexity index is 790. The van der Waals surface area contributed by atoms with E-state index in [9.17, 15) is 4.39 Å². The van der Waals surface area contributed by atoms with Gasteiger partial charge in [-0.25, -0.2) is 9.37 Å². The molecule has 1 aliphatic heterocycles. The van der Waals surface area contributed by atoms with Gasteiger partial charge in [-0.1, -0.05) is 12.1 Å². The number of aryl methyl sites for hydroxylation is 1. The molecule has 1 saturated heterocycles. The molecule has 7 heteroatoms. The van der Waals surface area contributed by atoms with E-state index < -0.39 is 0 Å². The van der Waals surface area contributed by atoms with Gasteiger partial charge in [-0.15, -0.1) is 24.0 Å². The summed E-state index contributed by atoms with van der Waals surface area (Å²) < 4.78 is 13.7. The Labute approximate surface area is 183 Å². The molecule has 3 rings (SSSR count). The summed E-state index contributed by atoms with van der Waals surface area (Å²) in [6.07, 6.45) is 5.65. The fraction of sp³-hybridized carbons (Fsp3) is 0.429. The molecular weight excluding hydrogens is 468 g/mol. The van der Waals surface area contributed by atoms with Crippen LogP contribution in [0, 0.1) is 12.7 Å². The second-order valence-corrected chi connectivity index (χ2v) is 6.93. The van der Waals surface area contributed by atoms with Crippen LogP contribution in [0.25, 0.3) is 0 Å². The Morgan fingerprint density at radius 2 is 1.75 bits per heavy atom. The van der Waals surface area contributed by atoms with Gasteiger partial charge in [0.15, 0.2) is 5.96 Å². The van der Waals surface area contributed by atoms with Crippen LogP contribution in [-0.4, -0.2) is 31.1 Å². The summed E-state index contributed by atoms with van der Waals surface area (Å²) in [7, 11) is 1.73. The van der Waals surface area contributed by atoms with Crippen molar-refractivity contribution in [3.63, 3.8) is 0 Å². The average molecular weight is 497 g/mol. The van der Waals surface area contributed by atoms with Gasteiger partial charge in [-0.05, 0) is 61.1 Å². The standard InChI is InChI=1S/C21H28FN5.HI/c1-16-6-7-17(12-19(16)22)14-25-21(23-2)26-15-18-8-9-24-20(13-18)27-10-4-3-5-11-27;/h6-9,12-13H,3-5,10-11,14-15H2,1-2H3,(H2,23,25,26);1H. The summed E-state index contributed by atoms with van der Waals surface area (Å²) in [5, 5.41) is 6.54. The first-order valence-electron chi connectivity index (χ1n) is 9.55. The van der Waals surface area contributed by atoms with Crippen LogP contribution in [-0.2, 0) is 13.1 Å². The summed E-state index contributed by atoms with van der Waals surface area (Å²) in [4.78, 5) is 11.1. The number of nitrogens with one attached hydrogen (secondary N) is 2. The number of hydrogen-bond acceptors (Lipinski definition) is 3. The lowest BCUT2D eigenvalue weighted by atomic mass is 10.1. The van der Waals surface area contributed by atoms with Crippen molar-refractivity contribution in [2.45, 2.75) is 39.3 Å². The van der Waals surface area contributed by atoms with Crippen molar-refractivity contribution in [2.24, 2.45) is 4.99 Å². The first-order valence-corrected chi connectivity index (χ1v) is 9.55. The van der Waals surface area contributed by atoms with E-state index in [0.717, 1.165) is 30.0 Å². The summed E-state index contributed by atoms with van der Waals surface area (Å²) >= 11 is 0. The zero-order valence-corrected chi connectivity index (χ0v) is 18.9. The summed E-state index contributed by atoms with van der Waals surface area (Å²) in [6, 6.07) is 9.43. The van der Waals surface area contributed by atoms with Crippen molar-refractivity contribution in [1.29, 1.82) is 0 Å². The van der Waals surface area contributed by atoms with Crippen LogP contribution in [0.1, 0.15) is 36.0 Å². The van der Waals surface area contributed by atoms with Gasteiger partial charge in [-0.3, -0.25) is 4.99 Å². The highest BCUT2D eigenvalue weighted by Crippen LogP contribution is 2.18. The largest absolute Gasteiger partial charge is 0.357 e. The van der Waals surface area contributed by atoms with Gasteiger partial charge in [0.05, 0.1) is 0 Å². The number of rotatable bonds is 5. The molecule has 0 saturated carbocycles. The van der Waals surface area contributed by atoms with Crippen LogP contribution in [0.5, 0.6) is 0 Å². The topological polar surface area (TPSA) is 52.6 Å². The van der Waals surface area contributed by atoms with E-state index in [0.29, 0.717) is 24.6 Å². The predicted molar refractivity (Wildman–Crippen MR) is 124 cm³/mol. The van der Waals surface area contributed by atoms with Gasteiger partial charge >= 0.3 is 0 Å². The lowest BCUT2D eigenvalue weighted by Crippen LogP contribution is -2.36. The van der Waals surface area contributed by atoms with Gasteiger partial charge in [-0.2, -0.15) is 0 Å². The SMILES string of the molecule is CN=C(NCc1ccnc(N2CCCCC2)c1)NCc1ccc(C)c(F)c1.I. The number of aromatic nitrogens is 1. The van der Waals surface area contributed by atoms with E-state index in [4.69, 9.17) is 0 Å². The summed E-state index contributed by atoms with van der Waals surface area (Å²) in [5.41, 5.74) is 2.70. The Morgan fingerprint density at radius 3 is 2.39 bits per heavy atom. The zero-order chi connectivity index (χ0) is 19.1. The van der Waals surface area contributed by atoms with Crippen LogP contribution < -0.4 is 15.5 Å². The molecule has 0 unspecified atom stereocenters. The van der Waals surface area contributed by atoms with Gasteiger partial charge in [0.25, 0.3) is 0 Å². The van der Waals surface area contributed by atoms with Gasteiger partial charge in [0, 0.05) is 39.4 Å². The fourth-order valence-corrected chi connectivity index (χ4v) is 3.20. The fourth-order valence-electron chi connectivity index (χ4n) is 3.20. The molecule has 0 radical (unpaired) electrons. The highest BCUT2D eigenvalue weighted by atomic mass is 127. The second kappa shape index (κ2) is 11.2. The normalized spacial score (nSPS) is 14.4. The Hall–Kier alpha value is -1.90. The molecule has 1 aromatic heterocycles. The minimum atomic E-state index is -0.181. The third-order valence-corrected chi connectivity index (χ3v) is 4.87. The molecule has 2 aromatic rings. The molecule has 0 atom stereocenters. The number of hydrogen-bond donors (Lipinski definition) is 2. The van der Waals surface area contributed by atoms with Crippen molar-refractivity contribution in [2.75, 3.05) is 25.0 Å². The van der Waals surface area contributed by atoms with Gasteiger partial charge < -0.3 is 15.5 Å². The van der Waals surface area contributed by atoms with Crippen LogP contribution in [0.4, 0.5) is 10.2 Å². The highest BCUT2D eigenvalue weighted by molar-refractivity contribution is 14.0. The Morgan fingerprint density at radius 1 is 1.07 bits per heavy atom. The highest BCUT2D eigenvalue weighted by Gasteiger charge is 2.12. The van der Waals surface area contributed by atoms with Crippen molar-refractivity contribution >= 4 is 35.8 Å². The molecule has 28 heavy (non-hydrogen) atoms. The number of piperidine rings is 1. The first-order chi connectivity index (χ1) is 13.2. The maximum absolute atomic E-state index is 13.7. The summed E-state index contributed by atoms with van der Waals surface area (Å²) in [6.45, 7) is 5.11. The number of guanidine groups is 1. The predicted octanol–water partition coefficient (Wildman–Crippen LogP) is 4.00. The Balaban J connectivity index is 0.00000280. The molecule has 1 fully saturated rings. The number of halogens is 2. The molecule has 0 aliphatic carbocycles. The average Bonchev–Trinajstić information content (AvgIpc) is 2.71. The Kier molecular flexibility index (Phi) is 8.95. The van der Waals surface area contributed by atoms with E-state index in [-0.39, 0.29) is 29.8 Å². The third-order valence-electron chi connectivity index (χ3n) is 4.87. The van der Waals surface area contributed by atoms with E-state index in [1.165, 1.54) is 19.3 Å². The first kappa shape index (κ1) is 22.4. The molecular formula is C21H29FIN5. The molecule has 2 heterocycles. The number of aliphatic imine (C=N–C) groups is 1. The molecule has 1 aromatic carbocycles. The van der Waals surface area contributed by atoms with E-state index >= 15 is 0 Å². The summed E-state index contributed by atoms with van der Waals surface area (Å²) in [5.74, 6) is 1.55. The number of benzene rings is 1. The van der Waals surface area contributed by atoms with E-state index in [1.54, 1.807) is 26.1 Å². The molecule has 0 bridgehead atoms. The minimum Gasteiger partial charge on any atom is -0.357 e. The van der Waals surface area contributed by atoms with Crippen LogP contribution >= 0.6 is 24.0 Å². The second-order valence-electron chi connectivity index (χ2n) is 6.93. The van der Waals surface area contributed by atoms with E-state index in [1.807, 2.05) is 18.3 Å². The van der Waals surface area contributed by atoms with E-state index in [2.05, 4.69) is 31.6 Å². The van der Waals surface area contributed by atoms with Crippen molar-refractivity contribution in [3.05, 3.63) is 59.0 Å². The minimum absolute atomic E-state index is 0. The number of anilines is 1. The molecule has 0 amide bonds. The maximum Gasteiger partial charge on any atom is 0.191 e. The molecule has 1 aliphatic rings. The molecule has 152 valence electrons. The van der Waals surface area contributed by atoms with Crippen LogP contribution in [0.15, 0.2) is 41.5 Å². The van der Waals surface area contributed by atoms with Crippen LogP contribution in [0.2, 0.25) is 0 Å². The smallest absolute Gasteiger partial charge is 0.191 e. The van der Waals surface area contributed by atoms with Crippen molar-refractivity contribution in [3.8, 4) is 0 Å². The monoisotopic (exact) mass is 497 g/mol. The van der Waals surface area contributed by atoms with Crippen molar-refractivity contribution in [1.82, 2.24) is 15.6 Å². The molecule has 0 spiro atoms. The zero-order valence-electron chi connectivity index (χ0n) is 16.5. The third kappa shape index (κ3) is 6.32. The number of pyridine rings is 1. The maximum atomic E-state index is 13.7. The quantitative estimate of drug-likeness (QED) is 0.373. The van der Waals surface area contributed by atoms with Gasteiger partial charge in [0.1, 0.15) is 11.6 Å². The molecule has 2 N–H and O–H groups in total. The lowest BCUT2D eigenvalue weighted by molar-refractivity contribution is 0.573. The van der Waals surface area contributed by atoms with Gasteiger partial charge in [0.2, 0.25) is 0 Å². The lowest BCUT2D eigenvalue weighted by Gasteiger charge is -2.28. The molecule has 5 nitrogen and oxygen atoms in total. The number of nitrogens with zero attached hydrogens (tertiary/aromatic N) is 3.